The highest BCUT2D eigenvalue weighted by Gasteiger charge is 1.90. The van der Waals surface area contributed by atoms with Crippen LogP contribution < -0.4 is 0 Å². The molecule has 9 heavy (non-hydrogen) atoms. The molecule has 0 saturated carbocycles. The van der Waals surface area contributed by atoms with E-state index < -0.39 is 0 Å². The van der Waals surface area contributed by atoms with E-state index >= 15 is 0 Å². The van der Waals surface area contributed by atoms with Crippen LogP contribution in [-0.2, 0) is 0 Å². The highest BCUT2D eigenvalue weighted by Crippen LogP contribution is 1.95. The van der Waals surface area contributed by atoms with Gasteiger partial charge in [-0.3, -0.25) is 0 Å². The Morgan fingerprint density at radius 1 is 1.56 bits per heavy atom. The number of rotatable bonds is 1. The zero-order valence-electron chi connectivity index (χ0n) is 5.03. The van der Waals surface area contributed by atoms with Gasteiger partial charge < -0.3 is 0 Å². The first-order valence-electron chi connectivity index (χ1n) is 2.58. The Morgan fingerprint density at radius 3 is 2.67 bits per heavy atom. The third-order valence-electron chi connectivity index (χ3n) is 0.991. The second kappa shape index (κ2) is 2.64. The molecule has 1 heterocycles. The van der Waals surface area contributed by atoms with Crippen LogP contribution in [0.2, 0.25) is 0 Å². The molecule has 1 aromatic heterocycles. The fraction of sp³-hybridized carbons (Fsp3) is 0.167. The molecule has 0 aromatic carbocycles. The van der Waals surface area contributed by atoms with Gasteiger partial charge in [0.25, 0.3) is 0 Å². The maximum Gasteiger partial charge on any atom is 0.0579 e. The predicted octanol–water partition coefficient (Wildman–Crippen LogP) is 1.21. The zero-order chi connectivity index (χ0) is 6.69. The lowest BCUT2D eigenvalue weighted by molar-refractivity contribution is 1.03. The van der Waals surface area contributed by atoms with Crippen LogP contribution in [0.1, 0.15) is 12.5 Å². The molecule has 0 radical (unpaired) electrons. The number of hydrogen-bond donors (Lipinski definition) is 0. The van der Waals surface area contributed by atoms with E-state index in [1.807, 2.05) is 13.0 Å². The average molecular weight is 138 g/mol. The van der Waals surface area contributed by atoms with Gasteiger partial charge in [0.15, 0.2) is 0 Å². The Balaban J connectivity index is 2.98. The Kier molecular flexibility index (Phi) is 1.85. The number of aromatic nitrogens is 2. The molecular weight excluding hydrogens is 132 g/mol. The quantitative estimate of drug-likeness (QED) is 0.431. The van der Waals surface area contributed by atoms with Gasteiger partial charge in [-0.05, 0) is 13.0 Å². The van der Waals surface area contributed by atoms with Crippen molar-refractivity contribution in [1.29, 1.82) is 0 Å². The third-order valence-corrected chi connectivity index (χ3v) is 1.23. The van der Waals surface area contributed by atoms with E-state index in [9.17, 15) is 0 Å². The van der Waals surface area contributed by atoms with E-state index in [2.05, 4.69) is 10.2 Å². The van der Waals surface area contributed by atoms with Crippen molar-refractivity contribution in [2.24, 2.45) is 0 Å². The van der Waals surface area contributed by atoms with Gasteiger partial charge in [-0.1, -0.05) is 12.2 Å². The standard InChI is InChI=1S/C6H6N2S/c1-5(9)6-2-3-7-8-4-6/h2-4H,1H3. The molecule has 0 spiro atoms. The summed E-state index contributed by atoms with van der Waals surface area (Å²) < 4.78 is 0. The molecule has 0 atom stereocenters. The average Bonchev–Trinajstić information content (AvgIpc) is 1.90. The molecule has 0 fully saturated rings. The molecule has 0 aliphatic rings. The first kappa shape index (κ1) is 6.29. The van der Waals surface area contributed by atoms with E-state index in [1.165, 1.54) is 0 Å². The van der Waals surface area contributed by atoms with Crippen LogP contribution in [-0.4, -0.2) is 15.1 Å². The summed E-state index contributed by atoms with van der Waals surface area (Å²) >= 11 is 4.89. The topological polar surface area (TPSA) is 25.8 Å². The predicted molar refractivity (Wildman–Crippen MR) is 39.4 cm³/mol. The Bertz CT molecular complexity index is 208. The van der Waals surface area contributed by atoms with Crippen molar-refractivity contribution in [2.45, 2.75) is 6.92 Å². The molecular formula is C6H6N2S. The minimum absolute atomic E-state index is 0.852. The van der Waals surface area contributed by atoms with Crippen LogP contribution in [0.5, 0.6) is 0 Å². The van der Waals surface area contributed by atoms with Gasteiger partial charge in [-0.2, -0.15) is 10.2 Å². The molecule has 0 unspecified atom stereocenters. The lowest BCUT2D eigenvalue weighted by Gasteiger charge is -1.90. The van der Waals surface area contributed by atoms with Crippen molar-refractivity contribution in [1.82, 2.24) is 10.2 Å². The van der Waals surface area contributed by atoms with Gasteiger partial charge in [-0.25, -0.2) is 0 Å². The highest BCUT2D eigenvalue weighted by atomic mass is 32.1. The van der Waals surface area contributed by atoms with Crippen LogP contribution in [0.25, 0.3) is 0 Å². The SMILES string of the molecule is CC(=S)c1ccnnc1. The molecule has 0 aliphatic heterocycles. The minimum Gasteiger partial charge on any atom is -0.159 e. The van der Waals surface area contributed by atoms with Crippen molar-refractivity contribution in [3.63, 3.8) is 0 Å². The Hall–Kier alpha value is -0.830. The molecule has 0 N–H and O–H groups in total. The fourth-order valence-corrected chi connectivity index (χ4v) is 0.620. The summed E-state index contributed by atoms with van der Waals surface area (Å²) in [7, 11) is 0. The van der Waals surface area contributed by atoms with Crippen molar-refractivity contribution in [3.8, 4) is 0 Å². The van der Waals surface area contributed by atoms with E-state index in [0.29, 0.717) is 0 Å². The van der Waals surface area contributed by atoms with Crippen molar-refractivity contribution in [2.75, 3.05) is 0 Å². The van der Waals surface area contributed by atoms with Crippen LogP contribution >= 0.6 is 12.2 Å². The second-order valence-corrected chi connectivity index (χ2v) is 2.30. The summed E-state index contributed by atoms with van der Waals surface area (Å²) in [6, 6.07) is 1.84. The van der Waals surface area contributed by atoms with Crippen LogP contribution in [0.3, 0.4) is 0 Å². The largest absolute Gasteiger partial charge is 0.159 e. The molecule has 0 bridgehead atoms. The van der Waals surface area contributed by atoms with Gasteiger partial charge in [0.2, 0.25) is 0 Å². The summed E-state index contributed by atoms with van der Waals surface area (Å²) in [6.45, 7) is 1.87. The summed E-state index contributed by atoms with van der Waals surface area (Å²) in [5.74, 6) is 0. The summed E-state index contributed by atoms with van der Waals surface area (Å²) in [5, 5.41) is 7.29. The van der Waals surface area contributed by atoms with Gasteiger partial charge in [-0.15, -0.1) is 0 Å². The van der Waals surface area contributed by atoms with E-state index in [4.69, 9.17) is 12.2 Å². The Labute approximate surface area is 58.9 Å². The molecule has 1 rings (SSSR count). The summed E-state index contributed by atoms with van der Waals surface area (Å²) in [6.07, 6.45) is 3.29. The molecule has 0 saturated heterocycles. The van der Waals surface area contributed by atoms with Gasteiger partial charge in [0, 0.05) is 10.4 Å². The molecule has 3 heteroatoms. The zero-order valence-corrected chi connectivity index (χ0v) is 5.85. The molecule has 2 nitrogen and oxygen atoms in total. The van der Waals surface area contributed by atoms with Crippen LogP contribution in [0, 0.1) is 0 Å². The first-order chi connectivity index (χ1) is 4.30. The van der Waals surface area contributed by atoms with Gasteiger partial charge in [0.1, 0.15) is 0 Å². The van der Waals surface area contributed by atoms with Crippen molar-refractivity contribution >= 4 is 17.1 Å². The highest BCUT2D eigenvalue weighted by molar-refractivity contribution is 7.80. The van der Waals surface area contributed by atoms with Crippen LogP contribution in [0.15, 0.2) is 18.5 Å². The summed E-state index contributed by atoms with van der Waals surface area (Å²) in [5.41, 5.74) is 0.972. The maximum absolute atomic E-state index is 4.89. The van der Waals surface area contributed by atoms with Gasteiger partial charge >= 0.3 is 0 Å². The van der Waals surface area contributed by atoms with E-state index in [0.717, 1.165) is 10.4 Å². The monoisotopic (exact) mass is 138 g/mol. The normalized spacial score (nSPS) is 9.00. The summed E-state index contributed by atoms with van der Waals surface area (Å²) in [4.78, 5) is 0.852. The number of hydrogen-bond acceptors (Lipinski definition) is 3. The smallest absolute Gasteiger partial charge is 0.0579 e. The third kappa shape index (κ3) is 1.54. The number of thiocarbonyl (C=S) groups is 1. The minimum atomic E-state index is 0.852. The fourth-order valence-electron chi connectivity index (χ4n) is 0.499. The maximum atomic E-state index is 4.89. The molecule has 0 amide bonds. The van der Waals surface area contributed by atoms with Gasteiger partial charge in [0.05, 0.1) is 12.4 Å². The van der Waals surface area contributed by atoms with E-state index in [-0.39, 0.29) is 0 Å². The number of nitrogens with zero attached hydrogens (tertiary/aromatic N) is 2. The molecule has 46 valence electrons. The van der Waals surface area contributed by atoms with E-state index in [1.54, 1.807) is 12.4 Å². The lowest BCUT2D eigenvalue weighted by Crippen LogP contribution is -1.90. The van der Waals surface area contributed by atoms with Crippen LogP contribution in [0.4, 0.5) is 0 Å². The van der Waals surface area contributed by atoms with Crippen molar-refractivity contribution in [3.05, 3.63) is 24.0 Å². The Morgan fingerprint density at radius 2 is 2.33 bits per heavy atom. The lowest BCUT2D eigenvalue weighted by atomic mass is 10.2. The first-order valence-corrected chi connectivity index (χ1v) is 2.99. The van der Waals surface area contributed by atoms with Crippen molar-refractivity contribution < 1.29 is 0 Å². The second-order valence-electron chi connectivity index (χ2n) is 1.69. The molecule has 1 aromatic rings. The molecule has 0 aliphatic carbocycles.